The summed E-state index contributed by atoms with van der Waals surface area (Å²) in [5.74, 6) is 0.699. The third-order valence-electron chi connectivity index (χ3n) is 2.33. The summed E-state index contributed by atoms with van der Waals surface area (Å²) in [5.41, 5.74) is 0. The summed E-state index contributed by atoms with van der Waals surface area (Å²) in [5, 5.41) is 12.6. The zero-order valence-corrected chi connectivity index (χ0v) is 14.8. The highest BCUT2D eigenvalue weighted by atomic mass is 32.2. The molecule has 2 N–H and O–H groups in total. The predicted octanol–water partition coefficient (Wildman–Crippen LogP) is 2.76. The summed E-state index contributed by atoms with van der Waals surface area (Å²) in [7, 11) is 0. The zero-order chi connectivity index (χ0) is 15.7. The van der Waals surface area contributed by atoms with E-state index in [1.54, 1.807) is 25.6 Å². The van der Waals surface area contributed by atoms with Gasteiger partial charge in [-0.1, -0.05) is 48.2 Å². The highest BCUT2D eigenvalue weighted by Crippen LogP contribution is 2.31. The molecule has 0 aliphatic heterocycles. The van der Waals surface area contributed by atoms with Gasteiger partial charge in [0.2, 0.25) is 5.91 Å². The Kier molecular flexibility index (Phi) is 8.70. The second-order valence-electron chi connectivity index (χ2n) is 4.14. The maximum atomic E-state index is 11.8. The Labute approximate surface area is 137 Å². The second-order valence-corrected chi connectivity index (χ2v) is 8.05. The first-order valence-corrected chi connectivity index (χ1v) is 9.46. The molecule has 1 aromatic rings. The Balaban J connectivity index is 2.41. The minimum atomic E-state index is -0.469. The zero-order valence-electron chi connectivity index (χ0n) is 12.3. The van der Waals surface area contributed by atoms with E-state index in [2.05, 4.69) is 27.8 Å². The molecule has 0 unspecified atom stereocenters. The van der Waals surface area contributed by atoms with E-state index >= 15 is 0 Å². The van der Waals surface area contributed by atoms with Gasteiger partial charge in [-0.2, -0.15) is 0 Å². The first kappa shape index (κ1) is 18.2. The molecule has 1 heterocycles. The number of imide groups is 1. The number of thioether (sulfide) groups is 2. The molecule has 3 amide bonds. The molecule has 0 saturated carbocycles. The summed E-state index contributed by atoms with van der Waals surface area (Å²) in [6.07, 6.45) is 2.31. The lowest BCUT2D eigenvalue weighted by Gasteiger charge is -2.09. The van der Waals surface area contributed by atoms with Gasteiger partial charge in [0.05, 0.1) is 5.25 Å². The molecule has 0 aliphatic carbocycles. The summed E-state index contributed by atoms with van der Waals surface area (Å²) in [6.45, 7) is 6.16. The number of amides is 3. The average Bonchev–Trinajstić information content (AvgIpc) is 2.86. The number of nitrogens with zero attached hydrogens (tertiary/aromatic N) is 2. The fourth-order valence-corrected chi connectivity index (χ4v) is 4.55. The maximum absolute atomic E-state index is 11.8. The second kappa shape index (κ2) is 10.0. The van der Waals surface area contributed by atoms with E-state index < -0.39 is 11.3 Å². The van der Waals surface area contributed by atoms with Crippen molar-refractivity contribution in [3.05, 3.63) is 0 Å². The number of rotatable bonds is 8. The molecule has 21 heavy (non-hydrogen) atoms. The molecule has 0 aromatic carbocycles. The van der Waals surface area contributed by atoms with Gasteiger partial charge in [0.15, 0.2) is 8.68 Å². The standard InChI is InChI=1S/C12H20N4O2S3/c1-4-6-7-19-11-15-16-12(21-11)20-8(3)9(17)14-10(18)13-5-2/h8H,4-7H2,1-3H3,(H2,13,14,17,18)/t8-/m1/s1. The molecule has 1 atom stereocenters. The molecule has 0 saturated heterocycles. The molecule has 6 nitrogen and oxygen atoms in total. The predicted molar refractivity (Wildman–Crippen MR) is 88.1 cm³/mol. The van der Waals surface area contributed by atoms with Crippen LogP contribution >= 0.6 is 34.9 Å². The summed E-state index contributed by atoms with van der Waals surface area (Å²) < 4.78 is 1.66. The van der Waals surface area contributed by atoms with Gasteiger partial charge < -0.3 is 5.32 Å². The molecule has 0 fully saturated rings. The van der Waals surface area contributed by atoms with Crippen molar-refractivity contribution >= 4 is 46.8 Å². The van der Waals surface area contributed by atoms with E-state index in [0.717, 1.165) is 27.3 Å². The Hall–Kier alpha value is -0.800. The number of hydrogen-bond acceptors (Lipinski definition) is 7. The van der Waals surface area contributed by atoms with E-state index in [4.69, 9.17) is 0 Å². The topological polar surface area (TPSA) is 84.0 Å². The highest BCUT2D eigenvalue weighted by molar-refractivity contribution is 8.03. The molecule has 0 radical (unpaired) electrons. The van der Waals surface area contributed by atoms with Crippen molar-refractivity contribution in [2.24, 2.45) is 0 Å². The molecular formula is C12H20N4O2S3. The molecule has 0 spiro atoms. The normalized spacial score (nSPS) is 12.0. The first-order chi connectivity index (χ1) is 10.1. The monoisotopic (exact) mass is 348 g/mol. The first-order valence-electron chi connectivity index (χ1n) is 6.78. The Morgan fingerprint density at radius 2 is 2.00 bits per heavy atom. The van der Waals surface area contributed by atoms with Crippen molar-refractivity contribution in [3.8, 4) is 0 Å². The van der Waals surface area contributed by atoms with Crippen LogP contribution in [0.3, 0.4) is 0 Å². The Morgan fingerprint density at radius 1 is 1.29 bits per heavy atom. The van der Waals surface area contributed by atoms with Crippen molar-refractivity contribution in [1.29, 1.82) is 0 Å². The van der Waals surface area contributed by atoms with Crippen LogP contribution in [0.2, 0.25) is 0 Å². The number of carbonyl (C=O) groups excluding carboxylic acids is 2. The van der Waals surface area contributed by atoms with E-state index in [1.807, 2.05) is 0 Å². The van der Waals surface area contributed by atoms with Crippen molar-refractivity contribution in [2.45, 2.75) is 47.5 Å². The minimum Gasteiger partial charge on any atom is -0.338 e. The third kappa shape index (κ3) is 7.14. The van der Waals surface area contributed by atoms with Gasteiger partial charge in [0.1, 0.15) is 0 Å². The van der Waals surface area contributed by atoms with E-state index in [0.29, 0.717) is 6.54 Å². The van der Waals surface area contributed by atoms with Crippen LogP contribution in [0, 0.1) is 0 Å². The smallest absolute Gasteiger partial charge is 0.321 e. The summed E-state index contributed by atoms with van der Waals surface area (Å²) in [6, 6.07) is -0.469. The fourth-order valence-electron chi connectivity index (χ4n) is 1.23. The fraction of sp³-hybridized carbons (Fsp3) is 0.667. The van der Waals surface area contributed by atoms with Crippen LogP contribution < -0.4 is 10.6 Å². The van der Waals surface area contributed by atoms with Crippen LogP contribution in [-0.4, -0.2) is 39.7 Å². The number of unbranched alkanes of at least 4 members (excludes halogenated alkanes) is 1. The molecule has 0 bridgehead atoms. The van der Waals surface area contributed by atoms with Gasteiger partial charge in [-0.05, 0) is 20.3 Å². The molecule has 9 heteroatoms. The van der Waals surface area contributed by atoms with Gasteiger partial charge in [0, 0.05) is 12.3 Å². The van der Waals surface area contributed by atoms with Crippen LogP contribution in [0.1, 0.15) is 33.6 Å². The number of urea groups is 1. The van der Waals surface area contributed by atoms with Crippen molar-refractivity contribution in [2.75, 3.05) is 12.3 Å². The van der Waals surface area contributed by atoms with Gasteiger partial charge in [-0.3, -0.25) is 10.1 Å². The molecule has 0 aliphatic rings. The molecular weight excluding hydrogens is 328 g/mol. The van der Waals surface area contributed by atoms with E-state index in [9.17, 15) is 9.59 Å². The van der Waals surface area contributed by atoms with E-state index in [-0.39, 0.29) is 5.91 Å². The third-order valence-corrected chi connectivity index (χ3v) is 5.66. The lowest BCUT2D eigenvalue weighted by molar-refractivity contribution is -0.119. The number of hydrogen-bond donors (Lipinski definition) is 2. The van der Waals surface area contributed by atoms with Crippen LogP contribution in [0.5, 0.6) is 0 Å². The van der Waals surface area contributed by atoms with Crippen LogP contribution in [0.4, 0.5) is 4.79 Å². The molecule has 1 aromatic heterocycles. The van der Waals surface area contributed by atoms with Crippen LogP contribution in [0.25, 0.3) is 0 Å². The summed E-state index contributed by atoms with van der Waals surface area (Å²) >= 11 is 4.48. The molecule has 1 rings (SSSR count). The lowest BCUT2D eigenvalue weighted by Crippen LogP contribution is -2.42. The lowest BCUT2D eigenvalue weighted by atomic mass is 10.4. The van der Waals surface area contributed by atoms with Gasteiger partial charge >= 0.3 is 6.03 Å². The van der Waals surface area contributed by atoms with Gasteiger partial charge in [-0.15, -0.1) is 10.2 Å². The maximum Gasteiger partial charge on any atom is 0.321 e. The molecule has 118 valence electrons. The average molecular weight is 349 g/mol. The van der Waals surface area contributed by atoms with Gasteiger partial charge in [0.25, 0.3) is 0 Å². The van der Waals surface area contributed by atoms with E-state index in [1.165, 1.54) is 23.1 Å². The Morgan fingerprint density at radius 3 is 2.67 bits per heavy atom. The van der Waals surface area contributed by atoms with Crippen LogP contribution in [0.15, 0.2) is 8.68 Å². The quantitative estimate of drug-likeness (QED) is 0.555. The summed E-state index contributed by atoms with van der Waals surface area (Å²) in [4.78, 5) is 23.1. The number of aromatic nitrogens is 2. The Bertz CT molecular complexity index is 467. The number of nitrogens with one attached hydrogen (secondary N) is 2. The van der Waals surface area contributed by atoms with Gasteiger partial charge in [-0.25, -0.2) is 4.79 Å². The largest absolute Gasteiger partial charge is 0.338 e. The van der Waals surface area contributed by atoms with Crippen LogP contribution in [-0.2, 0) is 4.79 Å². The SMILES string of the molecule is CCCCSc1nnc(S[C@H](C)C(=O)NC(=O)NCC)s1. The highest BCUT2D eigenvalue weighted by Gasteiger charge is 2.19. The minimum absolute atomic E-state index is 0.332. The number of carbonyl (C=O) groups is 2. The van der Waals surface area contributed by atoms with Crippen molar-refractivity contribution in [3.63, 3.8) is 0 Å². The van der Waals surface area contributed by atoms with Crippen molar-refractivity contribution in [1.82, 2.24) is 20.8 Å². The van der Waals surface area contributed by atoms with Crippen molar-refractivity contribution < 1.29 is 9.59 Å².